The van der Waals surface area contributed by atoms with E-state index in [0.717, 1.165) is 5.52 Å². The van der Waals surface area contributed by atoms with Crippen molar-refractivity contribution < 1.29 is 29.5 Å². The molecular weight excluding hydrogens is 221 g/mol. The van der Waals surface area contributed by atoms with E-state index in [-0.39, 0.29) is 29.5 Å². The van der Waals surface area contributed by atoms with Gasteiger partial charge in [0.2, 0.25) is 0 Å². The van der Waals surface area contributed by atoms with Gasteiger partial charge in [-0.2, -0.15) is 0 Å². The van der Waals surface area contributed by atoms with Crippen LogP contribution in [0.3, 0.4) is 0 Å². The molecule has 0 amide bonds. The zero-order chi connectivity index (χ0) is 6.81. The van der Waals surface area contributed by atoms with Gasteiger partial charge in [0.15, 0.2) is 0 Å². The Bertz CT molecular complexity index is 286. The third kappa shape index (κ3) is 2.21. The molecule has 0 unspecified atom stereocenters. The molecule has 0 bridgehead atoms. The second-order valence-electron chi connectivity index (χ2n) is 2.20. The van der Waals surface area contributed by atoms with Crippen LogP contribution in [0.1, 0.15) is 0 Å². The number of benzene rings is 1. The smallest absolute Gasteiger partial charge is 1.00 e. The summed E-state index contributed by atoms with van der Waals surface area (Å²) < 4.78 is 0. The Kier molecular flexibility index (Phi) is 4.91. The molecule has 0 saturated carbocycles. The van der Waals surface area contributed by atoms with Crippen LogP contribution in [0, 0.1) is 0 Å². The van der Waals surface area contributed by atoms with Crippen LogP contribution in [0.5, 0.6) is 0 Å². The minimum atomic E-state index is 0. The maximum Gasteiger partial charge on any atom is 1.00 e. The number of fused-ring (bicyclic) bond motifs is 1. The molecule has 1 heterocycles. The van der Waals surface area contributed by atoms with Gasteiger partial charge in [-0.25, -0.2) is 0 Å². The molecule has 0 aliphatic rings. The first-order valence-electron chi connectivity index (χ1n) is 3.26. The summed E-state index contributed by atoms with van der Waals surface area (Å²) >= 11 is 0. The van der Waals surface area contributed by atoms with Crippen LogP contribution in [0.25, 0.3) is 10.9 Å². The van der Waals surface area contributed by atoms with E-state index >= 15 is 0 Å². The molecule has 3 heteroatoms. The fraction of sp³-hybridized carbons (Fsp3) is 0. The molecule has 0 fully saturated rings. The Morgan fingerprint density at radius 1 is 0.917 bits per heavy atom. The SMILES string of the molecule is [Cl-].[Cu+].c1ccc2ncccc2c1. The Morgan fingerprint density at radius 3 is 2.33 bits per heavy atom. The summed E-state index contributed by atoms with van der Waals surface area (Å²) in [5.74, 6) is 0. The number of pyridine rings is 1. The topological polar surface area (TPSA) is 12.9 Å². The summed E-state index contributed by atoms with van der Waals surface area (Å²) in [6.07, 6.45) is 1.81. The van der Waals surface area contributed by atoms with E-state index in [1.807, 2.05) is 30.5 Å². The molecule has 0 aliphatic heterocycles. The fourth-order valence-corrected chi connectivity index (χ4v) is 1.02. The van der Waals surface area contributed by atoms with Crippen LogP contribution in [0.2, 0.25) is 0 Å². The monoisotopic (exact) mass is 227 g/mol. The molecule has 2 rings (SSSR count). The zero-order valence-electron chi connectivity index (χ0n) is 6.17. The van der Waals surface area contributed by atoms with Crippen molar-refractivity contribution in [1.82, 2.24) is 4.98 Å². The fourth-order valence-electron chi connectivity index (χ4n) is 1.02. The number of para-hydroxylation sites is 1. The Balaban J connectivity index is 0.000000605. The van der Waals surface area contributed by atoms with Crippen molar-refractivity contribution in [2.75, 3.05) is 0 Å². The van der Waals surface area contributed by atoms with Crippen molar-refractivity contribution in [3.8, 4) is 0 Å². The van der Waals surface area contributed by atoms with Gasteiger partial charge in [-0.15, -0.1) is 0 Å². The van der Waals surface area contributed by atoms with Crippen molar-refractivity contribution in [3.63, 3.8) is 0 Å². The summed E-state index contributed by atoms with van der Waals surface area (Å²) in [6.45, 7) is 0. The molecule has 0 spiro atoms. The predicted octanol–water partition coefficient (Wildman–Crippen LogP) is -0.764. The van der Waals surface area contributed by atoms with E-state index in [9.17, 15) is 0 Å². The number of rotatable bonds is 0. The first-order chi connectivity index (χ1) is 4.97. The molecule has 12 heavy (non-hydrogen) atoms. The van der Waals surface area contributed by atoms with Gasteiger partial charge in [0.05, 0.1) is 5.52 Å². The van der Waals surface area contributed by atoms with E-state index < -0.39 is 0 Å². The maximum absolute atomic E-state index is 4.18. The number of nitrogens with zero attached hydrogens (tertiary/aromatic N) is 1. The average Bonchev–Trinajstić information content (AvgIpc) is 2.05. The number of aromatic nitrogens is 1. The maximum atomic E-state index is 4.18. The minimum Gasteiger partial charge on any atom is -1.00 e. The summed E-state index contributed by atoms with van der Waals surface area (Å²) in [6, 6.07) is 12.1. The van der Waals surface area contributed by atoms with E-state index in [1.165, 1.54) is 5.39 Å². The van der Waals surface area contributed by atoms with Gasteiger partial charge >= 0.3 is 17.1 Å². The van der Waals surface area contributed by atoms with Crippen LogP contribution in [0.15, 0.2) is 42.6 Å². The van der Waals surface area contributed by atoms with E-state index in [2.05, 4.69) is 17.1 Å². The van der Waals surface area contributed by atoms with Crippen LogP contribution >= 0.6 is 0 Å². The third-order valence-electron chi connectivity index (χ3n) is 1.51. The number of hydrogen-bond acceptors (Lipinski definition) is 1. The average molecular weight is 228 g/mol. The van der Waals surface area contributed by atoms with Gasteiger partial charge in [-0.1, -0.05) is 24.3 Å². The van der Waals surface area contributed by atoms with Gasteiger partial charge in [0, 0.05) is 11.6 Å². The van der Waals surface area contributed by atoms with E-state index in [4.69, 9.17) is 0 Å². The standard InChI is InChI=1S/C9H7N.ClH.Cu/c1-2-6-9-8(4-1)5-3-7-10-9;;/h1-7H;1H;/q;;+1/p-1. The molecule has 1 nitrogen and oxygen atoms in total. The zero-order valence-corrected chi connectivity index (χ0v) is 7.87. The molecule has 1 aromatic carbocycles. The van der Waals surface area contributed by atoms with Crippen LogP contribution in [-0.4, -0.2) is 4.98 Å². The molecule has 0 saturated heterocycles. The molecular formula is C9H7ClCuN. The van der Waals surface area contributed by atoms with Crippen molar-refractivity contribution in [2.24, 2.45) is 0 Å². The molecule has 0 aliphatic carbocycles. The van der Waals surface area contributed by atoms with Gasteiger partial charge in [-0.05, 0) is 12.1 Å². The molecule has 0 atom stereocenters. The van der Waals surface area contributed by atoms with Crippen molar-refractivity contribution >= 4 is 10.9 Å². The Morgan fingerprint density at radius 2 is 1.58 bits per heavy atom. The summed E-state index contributed by atoms with van der Waals surface area (Å²) in [5, 5.41) is 1.20. The van der Waals surface area contributed by atoms with Crippen molar-refractivity contribution in [1.29, 1.82) is 0 Å². The summed E-state index contributed by atoms with van der Waals surface area (Å²) in [4.78, 5) is 4.18. The third-order valence-corrected chi connectivity index (χ3v) is 1.51. The molecule has 0 N–H and O–H groups in total. The van der Waals surface area contributed by atoms with Gasteiger partial charge in [0.25, 0.3) is 0 Å². The second-order valence-corrected chi connectivity index (χ2v) is 2.20. The molecule has 1 aromatic heterocycles. The summed E-state index contributed by atoms with van der Waals surface area (Å²) in [5.41, 5.74) is 1.06. The molecule has 66 valence electrons. The van der Waals surface area contributed by atoms with E-state index in [0.29, 0.717) is 0 Å². The van der Waals surface area contributed by atoms with Crippen LogP contribution in [0.4, 0.5) is 0 Å². The normalized spacial score (nSPS) is 8.33. The van der Waals surface area contributed by atoms with Crippen LogP contribution in [-0.2, 0) is 17.1 Å². The van der Waals surface area contributed by atoms with Crippen LogP contribution < -0.4 is 12.4 Å². The number of hydrogen-bond donors (Lipinski definition) is 0. The second kappa shape index (κ2) is 5.15. The van der Waals surface area contributed by atoms with Gasteiger partial charge < -0.3 is 12.4 Å². The Labute approximate surface area is 88.1 Å². The Hall–Kier alpha value is -0.561. The predicted molar refractivity (Wildman–Crippen MR) is 41.7 cm³/mol. The van der Waals surface area contributed by atoms with Crippen molar-refractivity contribution in [2.45, 2.75) is 0 Å². The van der Waals surface area contributed by atoms with Crippen molar-refractivity contribution in [3.05, 3.63) is 42.6 Å². The minimum absolute atomic E-state index is 0. The number of halogens is 1. The quantitative estimate of drug-likeness (QED) is 0.540. The summed E-state index contributed by atoms with van der Waals surface area (Å²) in [7, 11) is 0. The largest absolute Gasteiger partial charge is 1.00 e. The van der Waals surface area contributed by atoms with Gasteiger partial charge in [0.1, 0.15) is 0 Å². The van der Waals surface area contributed by atoms with E-state index in [1.54, 1.807) is 0 Å². The van der Waals surface area contributed by atoms with Gasteiger partial charge in [-0.3, -0.25) is 4.98 Å². The first kappa shape index (κ1) is 11.4. The molecule has 2 aromatic rings. The first-order valence-corrected chi connectivity index (χ1v) is 3.26. The molecule has 0 radical (unpaired) electrons.